The summed E-state index contributed by atoms with van der Waals surface area (Å²) in [6, 6.07) is 0. The Bertz CT molecular complexity index is 429. The van der Waals surface area contributed by atoms with Gasteiger partial charge in [0.15, 0.2) is 10.7 Å². The molecular formula is C13H19N2O2+. The molecule has 0 aromatic rings. The first-order valence-electron chi connectivity index (χ1n) is 5.69. The van der Waals surface area contributed by atoms with Gasteiger partial charge < -0.3 is 5.11 Å². The van der Waals surface area contributed by atoms with Gasteiger partial charge in [-0.15, -0.1) is 0 Å². The van der Waals surface area contributed by atoms with Crippen molar-refractivity contribution in [1.29, 1.82) is 5.39 Å². The maximum atomic E-state index is 12.0. The first-order chi connectivity index (χ1) is 7.75. The fourth-order valence-electron chi connectivity index (χ4n) is 2.42. The smallest absolute Gasteiger partial charge is 0.387 e. The van der Waals surface area contributed by atoms with E-state index < -0.39 is 10.8 Å². The number of carbonyl (C=O) groups excluding carboxylic acids is 1. The van der Waals surface area contributed by atoms with Crippen molar-refractivity contribution < 1.29 is 9.90 Å². The molecule has 92 valence electrons. The van der Waals surface area contributed by atoms with Crippen LogP contribution in [0.5, 0.6) is 0 Å². The van der Waals surface area contributed by atoms with Crippen molar-refractivity contribution in [2.45, 2.75) is 40.0 Å². The van der Waals surface area contributed by atoms with Crippen LogP contribution in [-0.4, -0.2) is 10.9 Å². The summed E-state index contributed by atoms with van der Waals surface area (Å²) in [4.78, 5) is 14.8. The van der Waals surface area contributed by atoms with Gasteiger partial charge in [0.1, 0.15) is 5.78 Å². The molecule has 1 saturated carbocycles. The van der Waals surface area contributed by atoms with Gasteiger partial charge in [0.05, 0.1) is 0 Å². The summed E-state index contributed by atoms with van der Waals surface area (Å²) >= 11 is 0. The summed E-state index contributed by atoms with van der Waals surface area (Å²) in [5.74, 6) is 0.139. The predicted octanol–water partition coefficient (Wildman–Crippen LogP) is 3.58. The van der Waals surface area contributed by atoms with Crippen LogP contribution in [0.25, 0.3) is 4.98 Å². The van der Waals surface area contributed by atoms with Gasteiger partial charge in [-0.05, 0) is 6.42 Å². The van der Waals surface area contributed by atoms with Crippen molar-refractivity contribution >= 4 is 5.78 Å². The Hall–Kier alpha value is -1.63. The lowest BCUT2D eigenvalue weighted by atomic mass is 9.54. The third kappa shape index (κ3) is 2.10. The molecule has 0 aromatic heterocycles. The van der Waals surface area contributed by atoms with E-state index in [0.29, 0.717) is 12.8 Å². The van der Waals surface area contributed by atoms with Gasteiger partial charge in [0, 0.05) is 23.7 Å². The van der Waals surface area contributed by atoms with Gasteiger partial charge in [-0.1, -0.05) is 32.9 Å². The number of hydrogen-bond donors (Lipinski definition) is 1. The molecule has 1 unspecified atom stereocenters. The first-order valence-corrected chi connectivity index (χ1v) is 5.69. The van der Waals surface area contributed by atoms with Crippen molar-refractivity contribution in [3.63, 3.8) is 0 Å². The predicted molar refractivity (Wildman–Crippen MR) is 65.7 cm³/mol. The molecule has 1 N–H and O–H groups in total. The number of aliphatic hydroxyl groups excluding tert-OH is 1. The third-order valence-corrected chi connectivity index (χ3v) is 4.25. The SMILES string of the molecule is C=C1CCC(=O)C(C)(C)C1(C)C/C(O)=C/[N+]#N. The monoisotopic (exact) mass is 235 g/mol. The lowest BCUT2D eigenvalue weighted by molar-refractivity contribution is -0.134. The lowest BCUT2D eigenvalue weighted by Gasteiger charge is -2.48. The number of hydrogen-bond acceptors (Lipinski definition) is 3. The molecule has 17 heavy (non-hydrogen) atoms. The summed E-state index contributed by atoms with van der Waals surface area (Å²) in [5, 5.41) is 18.1. The molecule has 1 rings (SSSR count). The summed E-state index contributed by atoms with van der Waals surface area (Å²) in [7, 11) is 0. The van der Waals surface area contributed by atoms with Gasteiger partial charge in [-0.3, -0.25) is 4.79 Å². The van der Waals surface area contributed by atoms with Crippen molar-refractivity contribution in [1.82, 2.24) is 0 Å². The molecule has 0 bridgehead atoms. The fraction of sp³-hybridized carbons (Fsp3) is 0.615. The number of diazo groups is 1. The average molecular weight is 235 g/mol. The summed E-state index contributed by atoms with van der Waals surface area (Å²) < 4.78 is 0. The van der Waals surface area contributed by atoms with Crippen LogP contribution in [0.3, 0.4) is 0 Å². The lowest BCUT2D eigenvalue weighted by Crippen LogP contribution is -2.46. The molecule has 0 heterocycles. The quantitative estimate of drug-likeness (QED) is 0.452. The van der Waals surface area contributed by atoms with Crippen LogP contribution in [0.4, 0.5) is 0 Å². The van der Waals surface area contributed by atoms with Gasteiger partial charge in [-0.25, -0.2) is 0 Å². The number of ketones is 1. The second-order valence-corrected chi connectivity index (χ2v) is 5.40. The molecule has 0 aliphatic heterocycles. The Morgan fingerprint density at radius 3 is 2.65 bits per heavy atom. The molecule has 1 fully saturated rings. The van der Waals surface area contributed by atoms with Gasteiger partial charge in [-0.2, -0.15) is 0 Å². The van der Waals surface area contributed by atoms with Crippen molar-refractivity contribution in [2.24, 2.45) is 10.8 Å². The first kappa shape index (κ1) is 13.4. The van der Waals surface area contributed by atoms with E-state index in [4.69, 9.17) is 5.39 Å². The van der Waals surface area contributed by atoms with E-state index in [9.17, 15) is 9.90 Å². The molecule has 0 aromatic carbocycles. The van der Waals surface area contributed by atoms with E-state index in [2.05, 4.69) is 11.6 Å². The zero-order chi connectivity index (χ0) is 13.3. The second-order valence-electron chi connectivity index (χ2n) is 5.40. The van der Waals surface area contributed by atoms with Gasteiger partial charge in [0.2, 0.25) is 5.39 Å². The third-order valence-electron chi connectivity index (χ3n) is 4.25. The topological polar surface area (TPSA) is 65.4 Å². The van der Waals surface area contributed by atoms with Crippen LogP contribution in [0.1, 0.15) is 40.0 Å². The minimum atomic E-state index is -0.570. The Kier molecular flexibility index (Phi) is 3.42. The number of aliphatic hydroxyl groups is 1. The molecule has 0 spiro atoms. The van der Waals surface area contributed by atoms with Crippen LogP contribution in [0.2, 0.25) is 0 Å². The molecule has 1 aliphatic rings. The number of carbonyl (C=O) groups is 1. The largest absolute Gasteiger partial charge is 0.505 e. The highest BCUT2D eigenvalue weighted by molar-refractivity contribution is 5.87. The van der Waals surface area contributed by atoms with Crippen LogP contribution >= 0.6 is 0 Å². The molecule has 0 amide bonds. The molecule has 1 atom stereocenters. The Labute approximate surface area is 102 Å². The second kappa shape index (κ2) is 4.33. The zero-order valence-electron chi connectivity index (χ0n) is 10.7. The van der Waals surface area contributed by atoms with E-state index in [1.165, 1.54) is 0 Å². The van der Waals surface area contributed by atoms with Crippen LogP contribution in [0.15, 0.2) is 24.1 Å². The van der Waals surface area contributed by atoms with E-state index in [0.717, 1.165) is 11.8 Å². The van der Waals surface area contributed by atoms with Crippen molar-refractivity contribution in [2.75, 3.05) is 0 Å². The standard InChI is InChI=1S/C13H18N2O2/c1-9-5-6-11(17)12(2,3)13(9,4)7-10(16)8-15-14/h8H,1,5-7H2,2-4H3/p+1/b10-8-. The molecule has 4 nitrogen and oxygen atoms in total. The highest BCUT2D eigenvalue weighted by Gasteiger charge is 2.50. The number of Topliss-reactive ketones (excluding diaryl/α,β-unsaturated/α-hetero) is 1. The van der Waals surface area contributed by atoms with E-state index in [-0.39, 0.29) is 18.0 Å². The van der Waals surface area contributed by atoms with E-state index in [1.54, 1.807) is 0 Å². The molecule has 4 heteroatoms. The Morgan fingerprint density at radius 1 is 1.53 bits per heavy atom. The van der Waals surface area contributed by atoms with Gasteiger partial charge >= 0.3 is 6.20 Å². The minimum Gasteiger partial charge on any atom is -0.505 e. The molecule has 0 saturated heterocycles. The number of nitrogens with zero attached hydrogens (tertiary/aromatic N) is 2. The number of rotatable bonds is 2. The molecule has 1 aliphatic carbocycles. The summed E-state index contributed by atoms with van der Waals surface area (Å²) in [6.45, 7) is 9.71. The van der Waals surface area contributed by atoms with Crippen LogP contribution in [-0.2, 0) is 4.79 Å². The normalized spacial score (nSPS) is 28.9. The minimum absolute atomic E-state index is 0.0427. The van der Waals surface area contributed by atoms with Crippen LogP contribution in [0, 0.1) is 16.2 Å². The zero-order valence-corrected chi connectivity index (χ0v) is 10.7. The maximum Gasteiger partial charge on any atom is 0.387 e. The molecule has 0 radical (unpaired) electrons. The van der Waals surface area contributed by atoms with Crippen LogP contribution < -0.4 is 0 Å². The molecular weight excluding hydrogens is 216 g/mol. The van der Waals surface area contributed by atoms with Crippen molar-refractivity contribution in [3.8, 4) is 0 Å². The van der Waals surface area contributed by atoms with E-state index >= 15 is 0 Å². The average Bonchev–Trinajstić information content (AvgIpc) is 2.23. The fourth-order valence-corrected chi connectivity index (χ4v) is 2.42. The Balaban J connectivity index is 3.13. The highest BCUT2D eigenvalue weighted by Crippen LogP contribution is 2.53. The number of allylic oxidation sites excluding steroid dienone is 2. The van der Waals surface area contributed by atoms with Crippen molar-refractivity contribution in [3.05, 3.63) is 29.1 Å². The highest BCUT2D eigenvalue weighted by atomic mass is 16.3. The summed E-state index contributed by atoms with van der Waals surface area (Å²) in [6.07, 6.45) is 2.42. The summed E-state index contributed by atoms with van der Waals surface area (Å²) in [5.41, 5.74) is -0.118. The van der Waals surface area contributed by atoms with Gasteiger partial charge in [0.25, 0.3) is 0 Å². The van der Waals surface area contributed by atoms with E-state index in [1.807, 2.05) is 20.8 Å². The Morgan fingerprint density at radius 2 is 2.12 bits per heavy atom. The maximum absolute atomic E-state index is 12.0.